The fourth-order valence-electron chi connectivity index (χ4n) is 2.11. The van der Waals surface area contributed by atoms with Gasteiger partial charge in [0.05, 0.1) is 25.2 Å². The molecule has 1 aromatic rings. The highest BCUT2D eigenvalue weighted by molar-refractivity contribution is 5.95. The number of carbonyl (C=O) groups excluding carboxylic acids is 1. The van der Waals surface area contributed by atoms with E-state index in [2.05, 4.69) is 10.6 Å². The third-order valence-electron chi connectivity index (χ3n) is 3.43. The van der Waals surface area contributed by atoms with Gasteiger partial charge < -0.3 is 20.5 Å². The molecule has 5 nitrogen and oxygen atoms in total. The van der Waals surface area contributed by atoms with Gasteiger partial charge in [-0.3, -0.25) is 4.79 Å². The highest BCUT2D eigenvalue weighted by atomic mass is 16.5. The molecule has 0 atom stereocenters. The van der Waals surface area contributed by atoms with Crippen LogP contribution in [0.3, 0.4) is 0 Å². The molecule has 1 fully saturated rings. The molecule has 2 rings (SSSR count). The summed E-state index contributed by atoms with van der Waals surface area (Å²) >= 11 is 0. The topological polar surface area (TPSA) is 70.6 Å². The van der Waals surface area contributed by atoms with E-state index in [1.54, 1.807) is 6.07 Å². The van der Waals surface area contributed by atoms with Gasteiger partial charge in [0.25, 0.3) is 5.91 Å². The molecule has 0 aliphatic carbocycles. The standard InChI is InChI=1S/C16H24N2O3/c1-15(2,3)18-14(20)12-5-4-6-13(7-12)17-8-16(9-19)10-21-11-16/h4-7,17,19H,8-11H2,1-3H3,(H,18,20). The molecule has 1 aliphatic heterocycles. The lowest BCUT2D eigenvalue weighted by Crippen LogP contribution is -2.50. The average Bonchev–Trinajstić information content (AvgIpc) is 2.36. The van der Waals surface area contributed by atoms with E-state index < -0.39 is 0 Å². The number of benzene rings is 1. The maximum absolute atomic E-state index is 12.1. The summed E-state index contributed by atoms with van der Waals surface area (Å²) < 4.78 is 5.17. The molecule has 3 N–H and O–H groups in total. The molecule has 116 valence electrons. The molecular weight excluding hydrogens is 268 g/mol. The molecule has 1 heterocycles. The van der Waals surface area contributed by atoms with Crippen molar-refractivity contribution >= 4 is 11.6 Å². The first-order chi connectivity index (χ1) is 9.84. The van der Waals surface area contributed by atoms with Gasteiger partial charge in [0.1, 0.15) is 0 Å². The number of nitrogens with one attached hydrogen (secondary N) is 2. The summed E-state index contributed by atoms with van der Waals surface area (Å²) in [4.78, 5) is 12.1. The van der Waals surface area contributed by atoms with Gasteiger partial charge in [-0.2, -0.15) is 0 Å². The first kappa shape index (κ1) is 15.8. The molecule has 21 heavy (non-hydrogen) atoms. The van der Waals surface area contributed by atoms with Crippen LogP contribution < -0.4 is 10.6 Å². The number of ether oxygens (including phenoxy) is 1. The third kappa shape index (κ3) is 4.19. The van der Waals surface area contributed by atoms with E-state index in [0.717, 1.165) is 5.69 Å². The molecule has 1 saturated heterocycles. The maximum Gasteiger partial charge on any atom is 0.251 e. The van der Waals surface area contributed by atoms with Gasteiger partial charge in [-0.05, 0) is 39.0 Å². The van der Waals surface area contributed by atoms with Crippen LogP contribution in [0, 0.1) is 5.41 Å². The van der Waals surface area contributed by atoms with E-state index in [9.17, 15) is 9.90 Å². The van der Waals surface area contributed by atoms with Gasteiger partial charge in [0, 0.05) is 23.3 Å². The Balaban J connectivity index is 1.99. The van der Waals surface area contributed by atoms with Crippen molar-refractivity contribution in [2.24, 2.45) is 5.41 Å². The van der Waals surface area contributed by atoms with Crippen LogP contribution in [-0.2, 0) is 4.74 Å². The van der Waals surface area contributed by atoms with Crippen molar-refractivity contribution in [3.8, 4) is 0 Å². The Kier molecular flexibility index (Phi) is 4.54. The third-order valence-corrected chi connectivity index (χ3v) is 3.43. The highest BCUT2D eigenvalue weighted by Crippen LogP contribution is 2.27. The summed E-state index contributed by atoms with van der Waals surface area (Å²) in [7, 11) is 0. The van der Waals surface area contributed by atoms with Crippen LogP contribution in [0.2, 0.25) is 0 Å². The number of hydrogen-bond donors (Lipinski definition) is 3. The smallest absolute Gasteiger partial charge is 0.251 e. The van der Waals surface area contributed by atoms with Crippen LogP contribution >= 0.6 is 0 Å². The second kappa shape index (κ2) is 6.03. The van der Waals surface area contributed by atoms with Gasteiger partial charge in [-0.1, -0.05) is 6.07 Å². The van der Waals surface area contributed by atoms with Gasteiger partial charge in [0.2, 0.25) is 0 Å². The van der Waals surface area contributed by atoms with E-state index in [1.807, 2.05) is 39.0 Å². The van der Waals surface area contributed by atoms with Crippen molar-refractivity contribution in [1.29, 1.82) is 0 Å². The molecule has 0 spiro atoms. The highest BCUT2D eigenvalue weighted by Gasteiger charge is 2.37. The van der Waals surface area contributed by atoms with Crippen LogP contribution in [0.25, 0.3) is 0 Å². The van der Waals surface area contributed by atoms with Crippen LogP contribution in [0.4, 0.5) is 5.69 Å². The van der Waals surface area contributed by atoms with E-state index in [-0.39, 0.29) is 23.5 Å². The summed E-state index contributed by atoms with van der Waals surface area (Å²) in [6.45, 7) is 7.73. The zero-order chi connectivity index (χ0) is 15.5. The Morgan fingerprint density at radius 3 is 2.62 bits per heavy atom. The Morgan fingerprint density at radius 1 is 1.38 bits per heavy atom. The Labute approximate surface area is 125 Å². The van der Waals surface area contributed by atoms with Crippen molar-refractivity contribution in [3.63, 3.8) is 0 Å². The summed E-state index contributed by atoms with van der Waals surface area (Å²) in [6, 6.07) is 7.38. The molecule has 0 radical (unpaired) electrons. The lowest BCUT2D eigenvalue weighted by molar-refractivity contribution is -0.128. The van der Waals surface area contributed by atoms with Gasteiger partial charge in [0.15, 0.2) is 0 Å². The normalized spacial score (nSPS) is 17.0. The van der Waals surface area contributed by atoms with Crippen LogP contribution in [0.15, 0.2) is 24.3 Å². The fraction of sp³-hybridized carbons (Fsp3) is 0.562. The minimum atomic E-state index is -0.259. The molecule has 5 heteroatoms. The molecule has 0 aromatic heterocycles. The Bertz CT molecular complexity index is 499. The lowest BCUT2D eigenvalue weighted by Gasteiger charge is -2.40. The Hall–Kier alpha value is -1.59. The number of aliphatic hydroxyl groups excluding tert-OH is 1. The Morgan fingerprint density at radius 2 is 2.10 bits per heavy atom. The summed E-state index contributed by atoms with van der Waals surface area (Å²) in [5, 5.41) is 15.6. The summed E-state index contributed by atoms with van der Waals surface area (Å²) in [5.41, 5.74) is 1.04. The second-order valence-corrected chi connectivity index (χ2v) is 6.79. The predicted molar refractivity (Wildman–Crippen MR) is 82.5 cm³/mol. The van der Waals surface area contributed by atoms with Crippen LogP contribution in [0.1, 0.15) is 31.1 Å². The first-order valence-corrected chi connectivity index (χ1v) is 7.19. The number of aliphatic hydroxyl groups is 1. The van der Waals surface area contributed by atoms with E-state index in [4.69, 9.17) is 4.74 Å². The zero-order valence-electron chi connectivity index (χ0n) is 12.9. The molecule has 1 amide bonds. The van der Waals surface area contributed by atoms with Gasteiger partial charge in [-0.15, -0.1) is 0 Å². The van der Waals surface area contributed by atoms with Gasteiger partial charge >= 0.3 is 0 Å². The van der Waals surface area contributed by atoms with Crippen LogP contribution in [-0.4, -0.2) is 42.9 Å². The first-order valence-electron chi connectivity index (χ1n) is 7.19. The van der Waals surface area contributed by atoms with Crippen molar-refractivity contribution in [1.82, 2.24) is 5.32 Å². The summed E-state index contributed by atoms with van der Waals surface area (Å²) in [5.74, 6) is -0.0880. The van der Waals surface area contributed by atoms with E-state index >= 15 is 0 Å². The molecule has 0 saturated carbocycles. The monoisotopic (exact) mass is 292 g/mol. The molecule has 0 unspecified atom stereocenters. The fourth-order valence-corrected chi connectivity index (χ4v) is 2.11. The lowest BCUT2D eigenvalue weighted by atomic mass is 9.87. The van der Waals surface area contributed by atoms with Gasteiger partial charge in [-0.25, -0.2) is 0 Å². The van der Waals surface area contributed by atoms with E-state index in [1.165, 1.54) is 0 Å². The quantitative estimate of drug-likeness (QED) is 0.771. The average molecular weight is 292 g/mol. The molecule has 0 bridgehead atoms. The van der Waals surface area contributed by atoms with E-state index in [0.29, 0.717) is 25.3 Å². The molecular formula is C16H24N2O3. The molecule has 1 aromatic carbocycles. The zero-order valence-corrected chi connectivity index (χ0v) is 12.9. The van der Waals surface area contributed by atoms with Crippen molar-refractivity contribution in [2.75, 3.05) is 31.7 Å². The summed E-state index contributed by atoms with van der Waals surface area (Å²) in [6.07, 6.45) is 0. The van der Waals surface area contributed by atoms with Crippen molar-refractivity contribution in [3.05, 3.63) is 29.8 Å². The SMILES string of the molecule is CC(C)(C)NC(=O)c1cccc(NCC2(CO)COC2)c1. The number of hydrogen-bond acceptors (Lipinski definition) is 4. The minimum Gasteiger partial charge on any atom is -0.396 e. The largest absolute Gasteiger partial charge is 0.396 e. The number of anilines is 1. The minimum absolute atomic E-state index is 0.0880. The molecule has 1 aliphatic rings. The van der Waals surface area contributed by atoms with Crippen molar-refractivity contribution in [2.45, 2.75) is 26.3 Å². The number of carbonyl (C=O) groups is 1. The maximum atomic E-state index is 12.1. The predicted octanol–water partition coefficient (Wildman–Crippen LogP) is 1.64. The van der Waals surface area contributed by atoms with Crippen LogP contribution in [0.5, 0.6) is 0 Å². The second-order valence-electron chi connectivity index (χ2n) is 6.79. The number of amides is 1. The number of rotatable bonds is 5. The van der Waals surface area contributed by atoms with Crippen molar-refractivity contribution < 1.29 is 14.6 Å².